The number of benzene rings is 3. The van der Waals surface area contributed by atoms with Gasteiger partial charge in [-0.25, -0.2) is 0 Å². The van der Waals surface area contributed by atoms with Crippen LogP contribution in [0, 0.1) is 0 Å². The second kappa shape index (κ2) is 8.97. The summed E-state index contributed by atoms with van der Waals surface area (Å²) < 4.78 is 0. The Morgan fingerprint density at radius 3 is 1.77 bits per heavy atom. The molecular formula is C23H24N2O. The van der Waals surface area contributed by atoms with Crippen molar-refractivity contribution in [2.24, 2.45) is 0 Å². The van der Waals surface area contributed by atoms with Crippen LogP contribution in [0.25, 0.3) is 0 Å². The van der Waals surface area contributed by atoms with Crippen LogP contribution in [0.5, 0.6) is 0 Å². The third kappa shape index (κ3) is 4.80. The lowest BCUT2D eigenvalue weighted by Crippen LogP contribution is -2.37. The quantitative estimate of drug-likeness (QED) is 0.702. The zero-order valence-electron chi connectivity index (χ0n) is 15.0. The highest BCUT2D eigenvalue weighted by Crippen LogP contribution is 2.27. The van der Waals surface area contributed by atoms with Crippen LogP contribution >= 0.6 is 0 Å². The number of carbonyl (C=O) groups is 1. The Labute approximate surface area is 155 Å². The van der Waals surface area contributed by atoms with Crippen LogP contribution in [-0.2, 0) is 11.3 Å². The van der Waals surface area contributed by atoms with Gasteiger partial charge in [0, 0.05) is 6.54 Å². The van der Waals surface area contributed by atoms with Gasteiger partial charge in [0.2, 0.25) is 5.91 Å². The topological polar surface area (TPSA) is 32.3 Å². The molecule has 3 aromatic carbocycles. The molecule has 0 unspecified atom stereocenters. The van der Waals surface area contributed by atoms with Gasteiger partial charge in [0.05, 0.1) is 12.6 Å². The molecule has 0 bridgehead atoms. The van der Waals surface area contributed by atoms with Crippen molar-refractivity contribution in [3.8, 4) is 0 Å². The van der Waals surface area contributed by atoms with E-state index < -0.39 is 0 Å². The van der Waals surface area contributed by atoms with E-state index in [1.807, 2.05) is 73.8 Å². The third-order valence-corrected chi connectivity index (χ3v) is 4.40. The number of hydrogen-bond donors (Lipinski definition) is 1. The first-order valence-corrected chi connectivity index (χ1v) is 8.85. The minimum Gasteiger partial charge on any atom is -0.351 e. The lowest BCUT2D eigenvalue weighted by atomic mass is 9.97. The minimum atomic E-state index is 0.0215. The van der Waals surface area contributed by atoms with Gasteiger partial charge < -0.3 is 5.32 Å². The summed E-state index contributed by atoms with van der Waals surface area (Å²) >= 11 is 0. The first-order chi connectivity index (χ1) is 12.7. The van der Waals surface area contributed by atoms with Crippen molar-refractivity contribution in [2.45, 2.75) is 12.6 Å². The van der Waals surface area contributed by atoms with Crippen LogP contribution in [0.2, 0.25) is 0 Å². The zero-order valence-corrected chi connectivity index (χ0v) is 15.0. The van der Waals surface area contributed by atoms with E-state index in [0.717, 1.165) is 5.56 Å². The summed E-state index contributed by atoms with van der Waals surface area (Å²) in [6.07, 6.45) is 0. The predicted octanol–water partition coefficient (Wildman–Crippen LogP) is 4.02. The predicted molar refractivity (Wildman–Crippen MR) is 106 cm³/mol. The van der Waals surface area contributed by atoms with Crippen molar-refractivity contribution in [3.63, 3.8) is 0 Å². The summed E-state index contributed by atoms with van der Waals surface area (Å²) in [6.45, 7) is 0.885. The Hall–Kier alpha value is -2.91. The Balaban J connectivity index is 1.69. The van der Waals surface area contributed by atoms with Crippen LogP contribution < -0.4 is 5.32 Å². The van der Waals surface area contributed by atoms with Gasteiger partial charge in [-0.2, -0.15) is 0 Å². The molecule has 0 fully saturated rings. The molecule has 3 aromatic rings. The van der Waals surface area contributed by atoms with Crippen molar-refractivity contribution in [1.82, 2.24) is 10.2 Å². The number of rotatable bonds is 7. The van der Waals surface area contributed by atoms with Crippen molar-refractivity contribution >= 4 is 5.91 Å². The van der Waals surface area contributed by atoms with Crippen molar-refractivity contribution in [2.75, 3.05) is 13.6 Å². The molecule has 0 saturated heterocycles. The van der Waals surface area contributed by atoms with E-state index in [1.54, 1.807) is 0 Å². The number of carbonyl (C=O) groups excluding carboxylic acids is 1. The molecule has 0 radical (unpaired) electrons. The van der Waals surface area contributed by atoms with Crippen LogP contribution in [0.3, 0.4) is 0 Å². The van der Waals surface area contributed by atoms with E-state index in [9.17, 15) is 4.79 Å². The van der Waals surface area contributed by atoms with E-state index in [0.29, 0.717) is 13.1 Å². The van der Waals surface area contributed by atoms with Gasteiger partial charge >= 0.3 is 0 Å². The Kier molecular flexibility index (Phi) is 6.18. The summed E-state index contributed by atoms with van der Waals surface area (Å²) in [5, 5.41) is 3.01. The molecule has 26 heavy (non-hydrogen) atoms. The summed E-state index contributed by atoms with van der Waals surface area (Å²) in [4.78, 5) is 14.5. The Bertz CT molecular complexity index is 764. The molecule has 0 heterocycles. The smallest absolute Gasteiger partial charge is 0.234 e. The summed E-state index contributed by atoms with van der Waals surface area (Å²) in [6, 6.07) is 30.6. The second-order valence-corrected chi connectivity index (χ2v) is 6.40. The normalized spacial score (nSPS) is 10.9. The first kappa shape index (κ1) is 17.9. The lowest BCUT2D eigenvalue weighted by molar-refractivity contribution is -0.122. The van der Waals surface area contributed by atoms with Gasteiger partial charge in [-0.3, -0.25) is 9.69 Å². The summed E-state index contributed by atoms with van der Waals surface area (Å²) in [5.41, 5.74) is 3.46. The second-order valence-electron chi connectivity index (χ2n) is 6.40. The zero-order chi connectivity index (χ0) is 18.2. The number of amides is 1. The fraction of sp³-hybridized carbons (Fsp3) is 0.174. The monoisotopic (exact) mass is 344 g/mol. The highest BCUT2D eigenvalue weighted by Gasteiger charge is 2.20. The molecule has 0 saturated carbocycles. The molecule has 0 aliphatic rings. The van der Waals surface area contributed by atoms with E-state index in [2.05, 4.69) is 34.5 Å². The SMILES string of the molecule is CN(CC(=O)NCc1ccccc1)C(c1ccccc1)c1ccccc1. The molecule has 0 aliphatic carbocycles. The van der Waals surface area contributed by atoms with Gasteiger partial charge in [0.25, 0.3) is 0 Å². The highest BCUT2D eigenvalue weighted by molar-refractivity contribution is 5.78. The van der Waals surface area contributed by atoms with Crippen LogP contribution in [0.15, 0.2) is 91.0 Å². The first-order valence-electron chi connectivity index (χ1n) is 8.85. The average Bonchev–Trinajstić information content (AvgIpc) is 2.69. The number of nitrogens with one attached hydrogen (secondary N) is 1. The molecule has 3 heteroatoms. The van der Waals surface area contributed by atoms with Gasteiger partial charge in [0.1, 0.15) is 0 Å². The van der Waals surface area contributed by atoms with Crippen LogP contribution in [0.1, 0.15) is 22.7 Å². The molecule has 3 nitrogen and oxygen atoms in total. The van der Waals surface area contributed by atoms with Gasteiger partial charge in [-0.15, -0.1) is 0 Å². The molecule has 0 atom stereocenters. The van der Waals surface area contributed by atoms with Gasteiger partial charge in [-0.05, 0) is 23.7 Å². The molecule has 3 rings (SSSR count). The fourth-order valence-corrected chi connectivity index (χ4v) is 3.14. The maximum absolute atomic E-state index is 12.4. The van der Waals surface area contributed by atoms with Crippen molar-refractivity contribution in [1.29, 1.82) is 0 Å². The maximum Gasteiger partial charge on any atom is 0.234 e. The van der Waals surface area contributed by atoms with E-state index in [-0.39, 0.29) is 11.9 Å². The number of likely N-dealkylation sites (N-methyl/N-ethyl adjacent to an activating group) is 1. The standard InChI is InChI=1S/C23H24N2O/c1-25(18-22(26)24-17-19-11-5-2-6-12-19)23(20-13-7-3-8-14-20)21-15-9-4-10-16-21/h2-16,23H,17-18H2,1H3,(H,24,26). The average molecular weight is 344 g/mol. The molecule has 0 spiro atoms. The van der Waals surface area contributed by atoms with Crippen LogP contribution in [0.4, 0.5) is 0 Å². The summed E-state index contributed by atoms with van der Waals surface area (Å²) in [5.74, 6) is 0.0215. The lowest BCUT2D eigenvalue weighted by Gasteiger charge is -2.28. The molecular weight excluding hydrogens is 320 g/mol. The molecule has 132 valence electrons. The molecule has 0 aliphatic heterocycles. The number of hydrogen-bond acceptors (Lipinski definition) is 2. The van der Waals surface area contributed by atoms with Crippen molar-refractivity contribution in [3.05, 3.63) is 108 Å². The molecule has 1 amide bonds. The minimum absolute atomic E-state index is 0.0215. The largest absolute Gasteiger partial charge is 0.351 e. The van der Waals surface area contributed by atoms with E-state index >= 15 is 0 Å². The van der Waals surface area contributed by atoms with Crippen LogP contribution in [-0.4, -0.2) is 24.4 Å². The summed E-state index contributed by atoms with van der Waals surface area (Å²) in [7, 11) is 1.99. The third-order valence-electron chi connectivity index (χ3n) is 4.40. The highest BCUT2D eigenvalue weighted by atomic mass is 16.2. The van der Waals surface area contributed by atoms with Gasteiger partial charge in [-0.1, -0.05) is 91.0 Å². The Morgan fingerprint density at radius 2 is 1.27 bits per heavy atom. The molecule has 0 aromatic heterocycles. The van der Waals surface area contributed by atoms with E-state index in [4.69, 9.17) is 0 Å². The molecule has 1 N–H and O–H groups in total. The van der Waals surface area contributed by atoms with E-state index in [1.165, 1.54) is 11.1 Å². The fourth-order valence-electron chi connectivity index (χ4n) is 3.14. The maximum atomic E-state index is 12.4. The number of nitrogens with zero attached hydrogens (tertiary/aromatic N) is 1. The van der Waals surface area contributed by atoms with Gasteiger partial charge in [0.15, 0.2) is 0 Å². The Morgan fingerprint density at radius 1 is 0.808 bits per heavy atom. The van der Waals surface area contributed by atoms with Crippen molar-refractivity contribution < 1.29 is 4.79 Å².